The second-order valence-electron chi connectivity index (χ2n) is 6.26. The van der Waals surface area contributed by atoms with Crippen LogP contribution in [0.3, 0.4) is 0 Å². The van der Waals surface area contributed by atoms with Gasteiger partial charge in [0.1, 0.15) is 0 Å². The van der Waals surface area contributed by atoms with Crippen molar-refractivity contribution in [2.24, 2.45) is 13.0 Å². The minimum Gasteiger partial charge on any atom is -0.348 e. The van der Waals surface area contributed by atoms with Crippen LogP contribution in [0.4, 0.5) is 0 Å². The molecule has 1 amide bonds. The number of piperidine rings is 1. The first kappa shape index (κ1) is 13.6. The maximum Gasteiger partial charge on any atom is 0.237 e. The Bertz CT molecular complexity index is 496. The molecule has 5 nitrogen and oxygen atoms in total. The van der Waals surface area contributed by atoms with Crippen LogP contribution in [-0.4, -0.2) is 28.3 Å². The van der Waals surface area contributed by atoms with E-state index in [4.69, 9.17) is 0 Å². The third kappa shape index (κ3) is 2.59. The molecule has 20 heavy (non-hydrogen) atoms. The molecule has 0 spiro atoms. The maximum atomic E-state index is 12.4. The lowest BCUT2D eigenvalue weighted by atomic mass is 9.91. The molecule has 1 aromatic rings. The van der Waals surface area contributed by atoms with E-state index in [-0.39, 0.29) is 18.0 Å². The van der Waals surface area contributed by atoms with Gasteiger partial charge in [0.25, 0.3) is 0 Å². The van der Waals surface area contributed by atoms with Crippen LogP contribution in [0.1, 0.15) is 49.9 Å². The first-order valence-electron chi connectivity index (χ1n) is 7.69. The summed E-state index contributed by atoms with van der Waals surface area (Å²) in [6, 6.07) is 0.111. The number of carbonyl (C=O) groups is 1. The maximum absolute atomic E-state index is 12.4. The molecule has 0 aromatic carbocycles. The zero-order valence-electron chi connectivity index (χ0n) is 12.4. The largest absolute Gasteiger partial charge is 0.348 e. The monoisotopic (exact) mass is 276 g/mol. The van der Waals surface area contributed by atoms with Gasteiger partial charge in [-0.25, -0.2) is 0 Å². The average molecular weight is 276 g/mol. The summed E-state index contributed by atoms with van der Waals surface area (Å²) in [6.45, 7) is 3.17. The fraction of sp³-hybridized carbons (Fsp3) is 0.733. The van der Waals surface area contributed by atoms with E-state index in [9.17, 15) is 4.79 Å². The average Bonchev–Trinajstić information content (AvgIpc) is 2.82. The summed E-state index contributed by atoms with van der Waals surface area (Å²) in [6.07, 6.45) is 7.23. The SMILES string of the molecule is CC1CCNC(C(=O)NC2CCCc3c2cnn3C)C1. The third-order valence-electron chi connectivity index (χ3n) is 4.67. The lowest BCUT2D eigenvalue weighted by Crippen LogP contribution is -2.49. The normalized spacial score (nSPS) is 29.8. The molecule has 3 unspecified atom stereocenters. The lowest BCUT2D eigenvalue weighted by Gasteiger charge is -2.30. The Labute approximate surface area is 120 Å². The molecule has 1 aliphatic heterocycles. The van der Waals surface area contributed by atoms with E-state index < -0.39 is 0 Å². The predicted molar refractivity (Wildman–Crippen MR) is 77.2 cm³/mol. The molecular weight excluding hydrogens is 252 g/mol. The highest BCUT2D eigenvalue weighted by atomic mass is 16.2. The highest BCUT2D eigenvalue weighted by molar-refractivity contribution is 5.82. The van der Waals surface area contributed by atoms with Crippen LogP contribution in [-0.2, 0) is 18.3 Å². The zero-order chi connectivity index (χ0) is 14.1. The summed E-state index contributed by atoms with van der Waals surface area (Å²) in [4.78, 5) is 12.4. The lowest BCUT2D eigenvalue weighted by molar-refractivity contribution is -0.124. The van der Waals surface area contributed by atoms with E-state index in [2.05, 4.69) is 22.7 Å². The molecule has 0 saturated carbocycles. The molecule has 0 bridgehead atoms. The Morgan fingerprint density at radius 2 is 2.35 bits per heavy atom. The van der Waals surface area contributed by atoms with Gasteiger partial charge in [-0.15, -0.1) is 0 Å². The van der Waals surface area contributed by atoms with Gasteiger partial charge in [0.2, 0.25) is 5.91 Å². The molecule has 1 saturated heterocycles. The molecule has 3 rings (SSSR count). The quantitative estimate of drug-likeness (QED) is 0.856. The van der Waals surface area contributed by atoms with E-state index in [1.807, 2.05) is 17.9 Å². The number of hydrogen-bond donors (Lipinski definition) is 2. The molecule has 1 aliphatic carbocycles. The Morgan fingerprint density at radius 1 is 1.50 bits per heavy atom. The highest BCUT2D eigenvalue weighted by Crippen LogP contribution is 2.29. The number of fused-ring (bicyclic) bond motifs is 1. The Kier molecular flexibility index (Phi) is 3.78. The minimum atomic E-state index is -0.0270. The number of aryl methyl sites for hydroxylation is 1. The van der Waals surface area contributed by atoms with Crippen LogP contribution in [0.2, 0.25) is 0 Å². The predicted octanol–water partition coefficient (Wildman–Crippen LogP) is 1.30. The molecule has 2 heterocycles. The first-order chi connectivity index (χ1) is 9.65. The second kappa shape index (κ2) is 5.56. The standard InChI is InChI=1S/C15H24N4O/c1-10-6-7-16-13(8-10)15(20)18-12-4-3-5-14-11(12)9-17-19(14)2/h9-10,12-13,16H,3-8H2,1-2H3,(H,18,20). The summed E-state index contributed by atoms with van der Waals surface area (Å²) in [5.41, 5.74) is 2.47. The topological polar surface area (TPSA) is 59.0 Å². The van der Waals surface area contributed by atoms with Crippen LogP contribution in [0, 0.1) is 5.92 Å². The number of rotatable bonds is 2. The van der Waals surface area contributed by atoms with Crippen molar-refractivity contribution in [1.29, 1.82) is 0 Å². The van der Waals surface area contributed by atoms with Gasteiger partial charge in [-0.05, 0) is 44.6 Å². The van der Waals surface area contributed by atoms with Crippen molar-refractivity contribution in [2.45, 2.75) is 51.1 Å². The molecule has 5 heteroatoms. The van der Waals surface area contributed by atoms with E-state index in [1.165, 1.54) is 17.7 Å². The van der Waals surface area contributed by atoms with Crippen molar-refractivity contribution < 1.29 is 4.79 Å². The Morgan fingerprint density at radius 3 is 3.15 bits per heavy atom. The van der Waals surface area contributed by atoms with Crippen LogP contribution in [0.5, 0.6) is 0 Å². The molecule has 110 valence electrons. The van der Waals surface area contributed by atoms with Crippen LogP contribution < -0.4 is 10.6 Å². The fourth-order valence-corrected chi connectivity index (χ4v) is 3.44. The number of nitrogens with one attached hydrogen (secondary N) is 2. The van der Waals surface area contributed by atoms with Crippen molar-refractivity contribution in [3.8, 4) is 0 Å². The van der Waals surface area contributed by atoms with Gasteiger partial charge in [-0.1, -0.05) is 6.92 Å². The van der Waals surface area contributed by atoms with Crippen LogP contribution >= 0.6 is 0 Å². The van der Waals surface area contributed by atoms with Crippen molar-refractivity contribution in [3.63, 3.8) is 0 Å². The Hall–Kier alpha value is -1.36. The molecule has 1 fully saturated rings. The molecule has 3 atom stereocenters. The highest BCUT2D eigenvalue weighted by Gasteiger charge is 2.29. The summed E-state index contributed by atoms with van der Waals surface area (Å²) in [5.74, 6) is 0.783. The van der Waals surface area contributed by atoms with E-state index in [0.717, 1.165) is 32.2 Å². The fourth-order valence-electron chi connectivity index (χ4n) is 3.44. The van der Waals surface area contributed by atoms with Gasteiger partial charge in [0.15, 0.2) is 0 Å². The molecule has 0 radical (unpaired) electrons. The number of aromatic nitrogens is 2. The van der Waals surface area contributed by atoms with Gasteiger partial charge in [-0.3, -0.25) is 9.48 Å². The summed E-state index contributed by atoms with van der Waals surface area (Å²) in [5, 5.41) is 10.9. The summed E-state index contributed by atoms with van der Waals surface area (Å²) >= 11 is 0. The van der Waals surface area contributed by atoms with Gasteiger partial charge in [0, 0.05) is 18.3 Å². The van der Waals surface area contributed by atoms with Crippen LogP contribution in [0.25, 0.3) is 0 Å². The van der Waals surface area contributed by atoms with E-state index in [0.29, 0.717) is 5.92 Å². The van der Waals surface area contributed by atoms with E-state index in [1.54, 1.807) is 0 Å². The van der Waals surface area contributed by atoms with Gasteiger partial charge < -0.3 is 10.6 Å². The van der Waals surface area contributed by atoms with Gasteiger partial charge >= 0.3 is 0 Å². The molecule has 1 aromatic heterocycles. The van der Waals surface area contributed by atoms with Crippen molar-refractivity contribution >= 4 is 5.91 Å². The van der Waals surface area contributed by atoms with Crippen LogP contribution in [0.15, 0.2) is 6.20 Å². The minimum absolute atomic E-state index is 0.0270. The smallest absolute Gasteiger partial charge is 0.237 e. The molecular formula is C15H24N4O. The zero-order valence-corrected chi connectivity index (χ0v) is 12.4. The number of nitrogens with zero attached hydrogens (tertiary/aromatic N) is 2. The third-order valence-corrected chi connectivity index (χ3v) is 4.67. The van der Waals surface area contributed by atoms with Crippen molar-refractivity contribution in [3.05, 3.63) is 17.5 Å². The second-order valence-corrected chi connectivity index (χ2v) is 6.26. The number of amides is 1. The number of carbonyl (C=O) groups excluding carboxylic acids is 1. The van der Waals surface area contributed by atoms with Gasteiger partial charge in [-0.2, -0.15) is 5.10 Å². The number of hydrogen-bond acceptors (Lipinski definition) is 3. The molecule has 2 aliphatic rings. The molecule has 2 N–H and O–H groups in total. The summed E-state index contributed by atoms with van der Waals surface area (Å²) < 4.78 is 1.94. The first-order valence-corrected chi connectivity index (χ1v) is 7.69. The summed E-state index contributed by atoms with van der Waals surface area (Å²) in [7, 11) is 1.98. The van der Waals surface area contributed by atoms with E-state index >= 15 is 0 Å². The van der Waals surface area contributed by atoms with Crippen molar-refractivity contribution in [1.82, 2.24) is 20.4 Å². The Balaban J connectivity index is 1.67. The van der Waals surface area contributed by atoms with Crippen molar-refractivity contribution in [2.75, 3.05) is 6.54 Å². The van der Waals surface area contributed by atoms with Gasteiger partial charge in [0.05, 0.1) is 18.3 Å².